The maximum atomic E-state index is 4.63. The fraction of sp³-hybridized carbons (Fsp3) is 0.143. The van der Waals surface area contributed by atoms with Crippen molar-refractivity contribution in [2.75, 3.05) is 19.0 Å². The highest BCUT2D eigenvalue weighted by molar-refractivity contribution is 7.20. The van der Waals surface area contributed by atoms with Crippen LogP contribution in [-0.4, -0.2) is 19.1 Å². The van der Waals surface area contributed by atoms with Gasteiger partial charge in [0.1, 0.15) is 0 Å². The highest BCUT2D eigenvalue weighted by Gasteiger charge is 2.14. The Morgan fingerprint density at radius 3 is 2.37 bits per heavy atom. The third-order valence-corrected chi connectivity index (χ3v) is 3.88. The third-order valence-electron chi connectivity index (χ3n) is 2.83. The topological polar surface area (TPSA) is 20.0 Å². The first kappa shape index (κ1) is 13.4. The van der Waals surface area contributed by atoms with E-state index in [-0.39, 0.29) is 4.70 Å². The fourth-order valence-electron chi connectivity index (χ4n) is 1.81. The number of rotatable bonds is 2. The van der Waals surface area contributed by atoms with Crippen LogP contribution in [0.1, 0.15) is 0 Å². The van der Waals surface area contributed by atoms with E-state index < -0.39 is 0 Å². The molecule has 0 spiro atoms. The van der Waals surface area contributed by atoms with E-state index >= 15 is 0 Å². The normalized spacial score (nSPS) is 10.2. The minimum atomic E-state index is 0. The predicted octanol–water partition coefficient (Wildman–Crippen LogP) is -0.357. The highest BCUT2D eigenvalue weighted by atomic mass is 32.1. The van der Waals surface area contributed by atoms with Crippen LogP contribution in [0.15, 0.2) is 48.8 Å². The second-order valence-electron chi connectivity index (χ2n) is 4.32. The van der Waals surface area contributed by atoms with E-state index in [2.05, 4.69) is 32.7 Å². The molecule has 19 heavy (non-hydrogen) atoms. The molecule has 0 unspecified atom stereocenters. The lowest BCUT2D eigenvalue weighted by molar-refractivity contribution is -0.595. The lowest BCUT2D eigenvalue weighted by Gasteiger charge is -2.10. The molecule has 0 saturated carbocycles. The number of pyridine rings is 1. The first-order chi connectivity index (χ1) is 8.74. The Balaban J connectivity index is 0.00000133. The van der Waals surface area contributed by atoms with Gasteiger partial charge in [-0.3, -0.25) is 0 Å². The van der Waals surface area contributed by atoms with E-state index in [4.69, 9.17) is 0 Å². The van der Waals surface area contributed by atoms with Gasteiger partial charge in [-0.2, -0.15) is 4.57 Å². The smallest absolute Gasteiger partial charge is 0.388 e. The van der Waals surface area contributed by atoms with Crippen molar-refractivity contribution in [3.8, 4) is 5.13 Å². The Kier molecular flexibility index (Phi) is 3.76. The Morgan fingerprint density at radius 2 is 1.74 bits per heavy atom. The second kappa shape index (κ2) is 5.32. The van der Waals surface area contributed by atoms with Crippen molar-refractivity contribution in [2.24, 2.45) is 0 Å². The number of aromatic nitrogens is 2. The maximum absolute atomic E-state index is 4.63. The molecule has 0 aliphatic carbocycles. The molecule has 0 amide bonds. The molecule has 2 aromatic heterocycles. The summed E-state index contributed by atoms with van der Waals surface area (Å²) in [5.41, 5.74) is 2.24. The third kappa shape index (κ3) is 2.56. The zero-order chi connectivity index (χ0) is 12.5. The van der Waals surface area contributed by atoms with E-state index in [0.717, 1.165) is 10.6 Å². The van der Waals surface area contributed by atoms with Crippen LogP contribution in [0.4, 0.5) is 5.69 Å². The quantitative estimate of drug-likeness (QED) is 0.596. The van der Waals surface area contributed by atoms with Crippen molar-refractivity contribution >= 4 is 27.2 Å². The van der Waals surface area contributed by atoms with Gasteiger partial charge < -0.3 is 9.60 Å². The molecule has 5 heteroatoms. The number of thiazole rings is 1. The van der Waals surface area contributed by atoms with E-state index in [9.17, 15) is 0 Å². The van der Waals surface area contributed by atoms with Gasteiger partial charge in [-0.15, -0.1) is 0 Å². The molecule has 0 radical (unpaired) electrons. The number of benzene rings is 1. The molecule has 0 fully saturated rings. The molecular formula is C14H14FN3S. The number of hydrogen-bond donors (Lipinski definition) is 0. The summed E-state index contributed by atoms with van der Waals surface area (Å²) in [6, 6.07) is 12.4. The Hall–Kier alpha value is -2.01. The fourth-order valence-corrected chi connectivity index (χ4v) is 2.75. The minimum absolute atomic E-state index is 0. The van der Waals surface area contributed by atoms with Gasteiger partial charge in [0.05, 0.1) is 17.1 Å². The lowest BCUT2D eigenvalue weighted by Crippen LogP contribution is -3.00. The van der Waals surface area contributed by atoms with Crippen LogP contribution in [0.5, 0.6) is 0 Å². The van der Waals surface area contributed by atoms with E-state index in [1.807, 2.05) is 44.7 Å². The van der Waals surface area contributed by atoms with Gasteiger partial charge in [0, 0.05) is 31.9 Å². The molecule has 3 aromatic rings. The summed E-state index contributed by atoms with van der Waals surface area (Å²) in [6.07, 6.45) is 4.10. The van der Waals surface area contributed by atoms with Gasteiger partial charge >= 0.3 is 5.13 Å². The Labute approximate surface area is 115 Å². The number of hydrogen-bond acceptors (Lipinski definition) is 3. The summed E-state index contributed by atoms with van der Waals surface area (Å²) in [7, 11) is 4.08. The van der Waals surface area contributed by atoms with Crippen LogP contribution >= 0.6 is 11.3 Å². The Bertz CT molecular complexity index is 643. The van der Waals surface area contributed by atoms with Crippen molar-refractivity contribution in [1.29, 1.82) is 0 Å². The van der Waals surface area contributed by atoms with Crippen molar-refractivity contribution in [1.82, 2.24) is 4.98 Å². The van der Waals surface area contributed by atoms with E-state index in [1.54, 1.807) is 11.3 Å². The molecule has 0 aliphatic rings. The standard InChI is InChI=1S/C14H14N3S.FH/c1-16(2)11-7-9-17(10-8-11)14-15-12-5-3-4-6-13(12)18-14;/h3-10H,1-2H3;1H/q+1;/p-1. The number of anilines is 1. The summed E-state index contributed by atoms with van der Waals surface area (Å²) in [4.78, 5) is 6.71. The molecule has 1 aromatic carbocycles. The summed E-state index contributed by atoms with van der Waals surface area (Å²) in [5, 5.41) is 1.00. The molecule has 0 bridgehead atoms. The van der Waals surface area contributed by atoms with Gasteiger partial charge in [0.25, 0.3) is 0 Å². The number of nitrogens with zero attached hydrogens (tertiary/aromatic N) is 3. The van der Waals surface area contributed by atoms with Crippen LogP contribution < -0.4 is 14.2 Å². The van der Waals surface area contributed by atoms with Crippen molar-refractivity contribution in [3.63, 3.8) is 0 Å². The second-order valence-corrected chi connectivity index (χ2v) is 5.33. The Morgan fingerprint density at radius 1 is 1.05 bits per heavy atom. The van der Waals surface area contributed by atoms with Crippen LogP contribution in [0.25, 0.3) is 15.3 Å². The largest absolute Gasteiger partial charge is 1.00 e. The molecule has 0 atom stereocenters. The monoisotopic (exact) mass is 275 g/mol. The molecule has 0 saturated heterocycles. The molecule has 2 heterocycles. The van der Waals surface area contributed by atoms with Crippen molar-refractivity contribution in [3.05, 3.63) is 48.8 Å². The average Bonchev–Trinajstić information content (AvgIpc) is 2.82. The molecule has 0 N–H and O–H groups in total. The SMILES string of the molecule is CN(C)c1cc[n+](-c2nc3ccccc3s2)cc1.[F-]. The van der Waals surface area contributed by atoms with Gasteiger partial charge in [0.2, 0.25) is 0 Å². The van der Waals surface area contributed by atoms with Crippen LogP contribution in [-0.2, 0) is 0 Å². The maximum Gasteiger partial charge on any atom is 0.388 e. The summed E-state index contributed by atoms with van der Waals surface area (Å²) in [5.74, 6) is 0. The number of fused-ring (bicyclic) bond motifs is 1. The zero-order valence-corrected chi connectivity index (χ0v) is 11.6. The average molecular weight is 275 g/mol. The summed E-state index contributed by atoms with van der Waals surface area (Å²) in [6.45, 7) is 0. The zero-order valence-electron chi connectivity index (χ0n) is 10.7. The van der Waals surface area contributed by atoms with E-state index in [0.29, 0.717) is 0 Å². The van der Waals surface area contributed by atoms with Crippen molar-refractivity contribution in [2.45, 2.75) is 0 Å². The van der Waals surface area contributed by atoms with Gasteiger partial charge in [0.15, 0.2) is 5.52 Å². The lowest BCUT2D eigenvalue weighted by atomic mass is 10.3. The first-order valence-electron chi connectivity index (χ1n) is 5.78. The van der Waals surface area contributed by atoms with Crippen LogP contribution in [0.3, 0.4) is 0 Å². The summed E-state index contributed by atoms with van der Waals surface area (Å²) >= 11 is 1.70. The van der Waals surface area contributed by atoms with Crippen LogP contribution in [0.2, 0.25) is 0 Å². The van der Waals surface area contributed by atoms with Gasteiger partial charge in [-0.25, -0.2) is 0 Å². The van der Waals surface area contributed by atoms with Gasteiger partial charge in [-0.05, 0) is 28.5 Å². The molecule has 3 nitrogen and oxygen atoms in total. The minimum Gasteiger partial charge on any atom is -1.00 e. The predicted molar refractivity (Wildman–Crippen MR) is 75.5 cm³/mol. The molecule has 3 rings (SSSR count). The van der Waals surface area contributed by atoms with Crippen LogP contribution in [0, 0.1) is 0 Å². The van der Waals surface area contributed by atoms with Gasteiger partial charge in [-0.1, -0.05) is 12.1 Å². The summed E-state index contributed by atoms with van der Waals surface area (Å²) < 4.78 is 3.27. The molecular weight excluding hydrogens is 261 g/mol. The molecule has 98 valence electrons. The highest BCUT2D eigenvalue weighted by Crippen LogP contribution is 2.21. The molecule has 0 aliphatic heterocycles. The van der Waals surface area contributed by atoms with Crippen molar-refractivity contribution < 1.29 is 9.27 Å². The number of halogens is 1. The van der Waals surface area contributed by atoms with E-state index in [1.165, 1.54) is 10.4 Å². The number of para-hydroxylation sites is 1. The first-order valence-corrected chi connectivity index (χ1v) is 6.60.